The maximum atomic E-state index is 10.3. The lowest BCUT2D eigenvalue weighted by Crippen LogP contribution is -2.06. The van der Waals surface area contributed by atoms with Crippen molar-refractivity contribution in [2.75, 3.05) is 6.54 Å². The van der Waals surface area contributed by atoms with Gasteiger partial charge in [0.05, 0.1) is 12.5 Å². The third-order valence-electron chi connectivity index (χ3n) is 2.63. The van der Waals surface area contributed by atoms with E-state index in [0.717, 1.165) is 22.3 Å². The minimum atomic E-state index is -0.308. The molecule has 0 aliphatic rings. The number of hydrogen-bond acceptors (Lipinski definition) is 3. The second kappa shape index (κ2) is 5.26. The Kier molecular flexibility index (Phi) is 4.01. The molecule has 0 fully saturated rings. The molecule has 1 aromatic rings. The summed E-state index contributed by atoms with van der Waals surface area (Å²) in [7, 11) is 0. The van der Waals surface area contributed by atoms with Crippen LogP contribution in [0, 0.1) is 35.3 Å². The summed E-state index contributed by atoms with van der Waals surface area (Å²) in [6, 6.07) is 6.02. The summed E-state index contributed by atoms with van der Waals surface area (Å²) >= 11 is 0. The zero-order chi connectivity index (χ0) is 12.1. The summed E-state index contributed by atoms with van der Waals surface area (Å²) in [6.45, 7) is 3.81. The summed E-state index contributed by atoms with van der Waals surface area (Å²) in [4.78, 5) is 9.99. The van der Waals surface area contributed by atoms with Crippen LogP contribution < -0.4 is 0 Å². The maximum Gasteiger partial charge on any atom is 0.207 e. The van der Waals surface area contributed by atoms with Crippen molar-refractivity contribution in [3.05, 3.63) is 44.5 Å². The highest BCUT2D eigenvalue weighted by Crippen LogP contribution is 2.17. The molecule has 4 nitrogen and oxygen atoms in total. The summed E-state index contributed by atoms with van der Waals surface area (Å²) in [5.41, 5.74) is 4.06. The number of benzene rings is 1. The highest BCUT2D eigenvalue weighted by molar-refractivity contribution is 5.38. The van der Waals surface area contributed by atoms with Gasteiger partial charge in [-0.3, -0.25) is 10.1 Å². The van der Waals surface area contributed by atoms with Crippen LogP contribution in [0.1, 0.15) is 22.3 Å². The SMILES string of the molecule is Cc1cc(CC[N+](=O)[O-])c(C)cc1CC#N. The summed E-state index contributed by atoms with van der Waals surface area (Å²) in [6.07, 6.45) is 0.842. The highest BCUT2D eigenvalue weighted by Gasteiger charge is 2.07. The van der Waals surface area contributed by atoms with Crippen LogP contribution in [0.15, 0.2) is 12.1 Å². The van der Waals surface area contributed by atoms with Gasteiger partial charge in [-0.15, -0.1) is 0 Å². The van der Waals surface area contributed by atoms with Crippen molar-refractivity contribution in [1.82, 2.24) is 0 Å². The molecule has 0 saturated heterocycles. The van der Waals surface area contributed by atoms with Crippen LogP contribution in [0.3, 0.4) is 0 Å². The van der Waals surface area contributed by atoms with Gasteiger partial charge in [-0.1, -0.05) is 12.1 Å². The van der Waals surface area contributed by atoms with Gasteiger partial charge in [0.1, 0.15) is 0 Å². The van der Waals surface area contributed by atoms with Crippen LogP contribution in [0.25, 0.3) is 0 Å². The normalized spacial score (nSPS) is 9.81. The van der Waals surface area contributed by atoms with E-state index in [0.29, 0.717) is 12.8 Å². The monoisotopic (exact) mass is 218 g/mol. The Morgan fingerprint density at radius 1 is 1.31 bits per heavy atom. The van der Waals surface area contributed by atoms with E-state index in [4.69, 9.17) is 5.26 Å². The molecule has 0 saturated carbocycles. The molecular weight excluding hydrogens is 204 g/mol. The third-order valence-corrected chi connectivity index (χ3v) is 2.63. The molecule has 0 amide bonds. The fraction of sp³-hybridized carbons (Fsp3) is 0.417. The number of nitrogens with zero attached hydrogens (tertiary/aromatic N) is 2. The van der Waals surface area contributed by atoms with Gasteiger partial charge in [0.15, 0.2) is 0 Å². The van der Waals surface area contributed by atoms with Crippen LogP contribution in [0.5, 0.6) is 0 Å². The van der Waals surface area contributed by atoms with Gasteiger partial charge in [-0.2, -0.15) is 5.26 Å². The van der Waals surface area contributed by atoms with Crippen LogP contribution in [-0.4, -0.2) is 11.5 Å². The molecular formula is C12H14N2O2. The number of hydrogen-bond donors (Lipinski definition) is 0. The average molecular weight is 218 g/mol. The molecule has 0 aliphatic heterocycles. The van der Waals surface area contributed by atoms with Gasteiger partial charge in [-0.25, -0.2) is 0 Å². The summed E-state index contributed by atoms with van der Waals surface area (Å²) in [5.74, 6) is 0. The van der Waals surface area contributed by atoms with Crippen molar-refractivity contribution in [2.45, 2.75) is 26.7 Å². The second-order valence-electron chi connectivity index (χ2n) is 3.85. The van der Waals surface area contributed by atoms with Gasteiger partial charge < -0.3 is 0 Å². The fourth-order valence-corrected chi connectivity index (χ4v) is 1.69. The van der Waals surface area contributed by atoms with Crippen molar-refractivity contribution in [3.63, 3.8) is 0 Å². The molecule has 16 heavy (non-hydrogen) atoms. The van der Waals surface area contributed by atoms with Crippen LogP contribution in [-0.2, 0) is 12.8 Å². The van der Waals surface area contributed by atoms with Gasteiger partial charge in [0, 0.05) is 11.3 Å². The minimum Gasteiger partial charge on any atom is -0.265 e. The van der Waals surface area contributed by atoms with Gasteiger partial charge >= 0.3 is 0 Å². The average Bonchev–Trinajstić information content (AvgIpc) is 2.21. The number of nitro groups is 1. The predicted octanol–water partition coefficient (Wildman–Crippen LogP) is 2.19. The first-order chi connectivity index (χ1) is 7.54. The molecule has 0 radical (unpaired) electrons. The smallest absolute Gasteiger partial charge is 0.207 e. The van der Waals surface area contributed by atoms with Crippen LogP contribution in [0.2, 0.25) is 0 Å². The van der Waals surface area contributed by atoms with E-state index in [-0.39, 0.29) is 11.5 Å². The number of rotatable bonds is 4. The molecule has 0 bridgehead atoms. The molecule has 1 aromatic carbocycles. The Morgan fingerprint density at radius 3 is 2.44 bits per heavy atom. The van der Waals surface area contributed by atoms with Crippen molar-refractivity contribution >= 4 is 0 Å². The van der Waals surface area contributed by atoms with E-state index in [9.17, 15) is 10.1 Å². The first-order valence-corrected chi connectivity index (χ1v) is 5.12. The molecule has 1 rings (SSSR count). The van der Waals surface area contributed by atoms with Crippen molar-refractivity contribution in [2.24, 2.45) is 0 Å². The molecule has 0 unspecified atom stereocenters. The first kappa shape index (κ1) is 12.2. The van der Waals surface area contributed by atoms with E-state index in [1.807, 2.05) is 26.0 Å². The number of nitriles is 1. The Labute approximate surface area is 94.7 Å². The largest absolute Gasteiger partial charge is 0.265 e. The fourth-order valence-electron chi connectivity index (χ4n) is 1.69. The molecule has 0 N–H and O–H groups in total. The van der Waals surface area contributed by atoms with Crippen LogP contribution in [0.4, 0.5) is 0 Å². The molecule has 84 valence electrons. The summed E-state index contributed by atoms with van der Waals surface area (Å²) < 4.78 is 0. The Balaban J connectivity index is 2.92. The third kappa shape index (κ3) is 3.06. The lowest BCUT2D eigenvalue weighted by Gasteiger charge is -2.08. The maximum absolute atomic E-state index is 10.3. The topological polar surface area (TPSA) is 66.9 Å². The van der Waals surface area contributed by atoms with Gasteiger partial charge in [-0.05, 0) is 36.1 Å². The predicted molar refractivity (Wildman–Crippen MR) is 60.8 cm³/mol. The zero-order valence-electron chi connectivity index (χ0n) is 9.49. The lowest BCUT2D eigenvalue weighted by molar-refractivity contribution is -0.479. The molecule has 0 aliphatic carbocycles. The summed E-state index contributed by atoms with van der Waals surface area (Å²) in [5, 5.41) is 18.9. The van der Waals surface area contributed by atoms with E-state index in [1.165, 1.54) is 0 Å². The van der Waals surface area contributed by atoms with Crippen molar-refractivity contribution in [1.29, 1.82) is 5.26 Å². The van der Waals surface area contributed by atoms with Gasteiger partial charge in [0.2, 0.25) is 6.54 Å². The Bertz CT molecular complexity index is 447. The molecule has 4 heteroatoms. The molecule has 0 aromatic heterocycles. The number of aryl methyl sites for hydroxylation is 2. The molecule has 0 spiro atoms. The zero-order valence-corrected chi connectivity index (χ0v) is 9.49. The quantitative estimate of drug-likeness (QED) is 0.574. The van der Waals surface area contributed by atoms with E-state index in [2.05, 4.69) is 6.07 Å². The molecule has 0 heterocycles. The Hall–Kier alpha value is -1.89. The minimum absolute atomic E-state index is 0.0438. The standard InChI is InChI=1S/C12H14N2O2/c1-9-8-12(4-6-14(15)16)10(2)7-11(9)3-5-13/h7-8H,3-4,6H2,1-2H3. The van der Waals surface area contributed by atoms with Crippen LogP contribution >= 0.6 is 0 Å². The van der Waals surface area contributed by atoms with Crippen molar-refractivity contribution < 1.29 is 4.92 Å². The highest BCUT2D eigenvalue weighted by atomic mass is 16.6. The Morgan fingerprint density at radius 2 is 1.88 bits per heavy atom. The van der Waals surface area contributed by atoms with Gasteiger partial charge in [0.25, 0.3) is 0 Å². The van der Waals surface area contributed by atoms with E-state index in [1.54, 1.807) is 0 Å². The van der Waals surface area contributed by atoms with E-state index >= 15 is 0 Å². The molecule has 0 atom stereocenters. The van der Waals surface area contributed by atoms with E-state index < -0.39 is 0 Å². The first-order valence-electron chi connectivity index (χ1n) is 5.12. The second-order valence-corrected chi connectivity index (χ2v) is 3.85. The van der Waals surface area contributed by atoms with Crippen molar-refractivity contribution in [3.8, 4) is 6.07 Å². The lowest BCUT2D eigenvalue weighted by atomic mass is 9.97.